The first-order valence-electron chi connectivity index (χ1n) is 10.2. The van der Waals surface area contributed by atoms with E-state index in [1.807, 2.05) is 18.2 Å². The molecule has 3 rings (SSSR count). The summed E-state index contributed by atoms with van der Waals surface area (Å²) in [6, 6.07) is 3.76. The van der Waals surface area contributed by atoms with Crippen LogP contribution >= 0.6 is 0 Å². The minimum absolute atomic E-state index is 0.0624. The summed E-state index contributed by atoms with van der Waals surface area (Å²) < 4.78 is 0. The molecule has 4 atom stereocenters. The number of aliphatic hydroxyl groups is 1. The average molecular weight is 369 g/mol. The standard InChI is InChI=1S/C23H32N2O2/c1-25(2)13-5-3-4-6-18-14-19-16-22(27)23(20(19)15-18)21(26)8-7-17-9-11-24-12-10-17/h7-12,14,19-20,22-23,27H,3-6,13,15-16H2,1-2H3/t19-,20-,22+,23-/m0/s1. The molecule has 0 spiro atoms. The van der Waals surface area contributed by atoms with Crippen LogP contribution in [0.3, 0.4) is 0 Å². The Kier molecular flexibility index (Phi) is 6.97. The molecule has 2 aliphatic carbocycles. The molecule has 0 amide bonds. The second kappa shape index (κ2) is 9.43. The molecule has 0 aliphatic heterocycles. The lowest BCUT2D eigenvalue weighted by Gasteiger charge is -2.19. The summed E-state index contributed by atoms with van der Waals surface area (Å²) in [6.45, 7) is 1.15. The molecule has 1 fully saturated rings. The molecular formula is C23H32N2O2. The lowest BCUT2D eigenvalue weighted by Crippen LogP contribution is -2.27. The number of hydrogen-bond donors (Lipinski definition) is 1. The van der Waals surface area contributed by atoms with Gasteiger partial charge in [-0.05, 0) is 88.4 Å². The maximum atomic E-state index is 12.8. The molecule has 4 heteroatoms. The van der Waals surface area contributed by atoms with Crippen molar-refractivity contribution in [3.05, 3.63) is 47.8 Å². The van der Waals surface area contributed by atoms with Gasteiger partial charge in [-0.25, -0.2) is 0 Å². The molecule has 2 aliphatic rings. The van der Waals surface area contributed by atoms with Crippen LogP contribution in [0.25, 0.3) is 6.08 Å². The number of nitrogens with zero attached hydrogens (tertiary/aromatic N) is 2. The number of carbonyl (C=O) groups excluding carboxylic acids is 1. The monoisotopic (exact) mass is 368 g/mol. The van der Waals surface area contributed by atoms with Crippen LogP contribution in [0, 0.1) is 17.8 Å². The van der Waals surface area contributed by atoms with E-state index in [0.717, 1.165) is 31.4 Å². The van der Waals surface area contributed by atoms with Gasteiger partial charge in [-0.3, -0.25) is 9.78 Å². The Morgan fingerprint density at radius 1 is 1.26 bits per heavy atom. The summed E-state index contributed by atoms with van der Waals surface area (Å²) in [5.41, 5.74) is 2.46. The van der Waals surface area contributed by atoms with Gasteiger partial charge >= 0.3 is 0 Å². The van der Waals surface area contributed by atoms with Crippen molar-refractivity contribution in [2.45, 2.75) is 44.6 Å². The number of unbranched alkanes of at least 4 members (excludes halogenated alkanes) is 2. The summed E-state index contributed by atoms with van der Waals surface area (Å²) >= 11 is 0. The van der Waals surface area contributed by atoms with Gasteiger partial charge in [0.05, 0.1) is 12.0 Å². The van der Waals surface area contributed by atoms with Crippen molar-refractivity contribution in [2.24, 2.45) is 17.8 Å². The van der Waals surface area contributed by atoms with Gasteiger partial charge in [0, 0.05) is 12.4 Å². The highest BCUT2D eigenvalue weighted by atomic mass is 16.3. The van der Waals surface area contributed by atoms with Crippen molar-refractivity contribution >= 4 is 11.9 Å². The Labute approximate surface area is 163 Å². The normalized spacial score (nSPS) is 27.3. The Morgan fingerprint density at radius 2 is 2.04 bits per heavy atom. The lowest BCUT2D eigenvalue weighted by atomic mass is 9.86. The highest BCUT2D eigenvalue weighted by Gasteiger charge is 2.47. The van der Waals surface area contributed by atoms with Crippen molar-refractivity contribution in [3.63, 3.8) is 0 Å². The van der Waals surface area contributed by atoms with Gasteiger partial charge in [-0.2, -0.15) is 0 Å². The second-order valence-electron chi connectivity index (χ2n) is 8.32. The van der Waals surface area contributed by atoms with Crippen LogP contribution in [0.15, 0.2) is 42.3 Å². The zero-order valence-corrected chi connectivity index (χ0v) is 16.6. The number of allylic oxidation sites excluding steroid dienone is 3. The van der Waals surface area contributed by atoms with E-state index < -0.39 is 6.10 Å². The maximum absolute atomic E-state index is 12.8. The first-order valence-corrected chi connectivity index (χ1v) is 10.2. The van der Waals surface area contributed by atoms with Crippen LogP contribution in [-0.4, -0.2) is 47.5 Å². The molecule has 0 radical (unpaired) electrons. The fourth-order valence-corrected chi connectivity index (χ4v) is 4.60. The largest absolute Gasteiger partial charge is 0.392 e. The minimum atomic E-state index is -0.507. The van der Waals surface area contributed by atoms with Gasteiger partial charge in [0.2, 0.25) is 0 Å². The summed E-state index contributed by atoms with van der Waals surface area (Å²) in [4.78, 5) is 19.0. The van der Waals surface area contributed by atoms with E-state index in [9.17, 15) is 9.90 Å². The predicted octanol–water partition coefficient (Wildman–Crippen LogP) is 3.73. The van der Waals surface area contributed by atoms with Gasteiger partial charge in [0.15, 0.2) is 5.78 Å². The average Bonchev–Trinajstić information content (AvgIpc) is 3.16. The number of aliphatic hydroxyl groups excluding tert-OH is 1. The van der Waals surface area contributed by atoms with Crippen LogP contribution in [0.4, 0.5) is 0 Å². The van der Waals surface area contributed by atoms with Gasteiger partial charge in [-0.15, -0.1) is 0 Å². The maximum Gasteiger partial charge on any atom is 0.161 e. The van der Waals surface area contributed by atoms with Crippen LogP contribution < -0.4 is 0 Å². The second-order valence-corrected chi connectivity index (χ2v) is 8.32. The quantitative estimate of drug-likeness (QED) is 0.410. The fraction of sp³-hybridized carbons (Fsp3) is 0.565. The predicted molar refractivity (Wildman–Crippen MR) is 109 cm³/mol. The van der Waals surface area contributed by atoms with E-state index in [1.165, 1.54) is 24.8 Å². The highest BCUT2D eigenvalue weighted by Crippen LogP contribution is 2.48. The third kappa shape index (κ3) is 5.36. The molecule has 0 bridgehead atoms. The molecule has 0 saturated heterocycles. The smallest absolute Gasteiger partial charge is 0.161 e. The number of rotatable bonds is 9. The van der Waals surface area contributed by atoms with E-state index in [2.05, 4.69) is 30.1 Å². The molecule has 1 saturated carbocycles. The molecule has 4 nitrogen and oxygen atoms in total. The van der Waals surface area contributed by atoms with Gasteiger partial charge in [0.1, 0.15) is 0 Å². The van der Waals surface area contributed by atoms with E-state index in [1.54, 1.807) is 18.5 Å². The highest BCUT2D eigenvalue weighted by molar-refractivity contribution is 5.96. The fourth-order valence-electron chi connectivity index (χ4n) is 4.60. The third-order valence-electron chi connectivity index (χ3n) is 5.96. The molecule has 0 unspecified atom stereocenters. The van der Waals surface area contributed by atoms with Crippen molar-refractivity contribution in [1.82, 2.24) is 9.88 Å². The molecule has 0 aromatic carbocycles. The molecular weight excluding hydrogens is 336 g/mol. The van der Waals surface area contributed by atoms with Gasteiger partial charge in [0.25, 0.3) is 0 Å². The first kappa shape index (κ1) is 20.0. The Balaban J connectivity index is 1.51. The van der Waals surface area contributed by atoms with Crippen molar-refractivity contribution in [1.29, 1.82) is 0 Å². The number of carbonyl (C=O) groups is 1. The van der Waals surface area contributed by atoms with E-state index in [0.29, 0.717) is 5.92 Å². The minimum Gasteiger partial charge on any atom is -0.392 e. The molecule has 1 heterocycles. The van der Waals surface area contributed by atoms with Crippen LogP contribution in [0.2, 0.25) is 0 Å². The summed E-state index contributed by atoms with van der Waals surface area (Å²) in [6.07, 6.45) is 15.3. The van der Waals surface area contributed by atoms with E-state index >= 15 is 0 Å². The van der Waals surface area contributed by atoms with E-state index in [4.69, 9.17) is 0 Å². The SMILES string of the molecule is CN(C)CCCCCC1=C[C@H]2C[C@@H](O)[C@H](C(=O)C=Cc3ccncc3)[C@H]2C1. The lowest BCUT2D eigenvalue weighted by molar-refractivity contribution is -0.121. The zero-order valence-electron chi connectivity index (χ0n) is 16.6. The summed E-state index contributed by atoms with van der Waals surface area (Å²) in [7, 11) is 4.23. The summed E-state index contributed by atoms with van der Waals surface area (Å²) in [5.74, 6) is 0.467. The van der Waals surface area contributed by atoms with E-state index in [-0.39, 0.29) is 17.6 Å². The van der Waals surface area contributed by atoms with Crippen molar-refractivity contribution in [3.8, 4) is 0 Å². The van der Waals surface area contributed by atoms with Crippen LogP contribution in [0.1, 0.15) is 44.1 Å². The Hall–Kier alpha value is -1.78. The number of fused-ring (bicyclic) bond motifs is 1. The Morgan fingerprint density at radius 3 is 2.78 bits per heavy atom. The Bertz CT molecular complexity index is 681. The number of aromatic nitrogens is 1. The number of pyridine rings is 1. The van der Waals surface area contributed by atoms with Crippen LogP contribution in [-0.2, 0) is 4.79 Å². The third-order valence-corrected chi connectivity index (χ3v) is 5.96. The van der Waals surface area contributed by atoms with Gasteiger partial charge < -0.3 is 10.0 Å². The van der Waals surface area contributed by atoms with Crippen LogP contribution in [0.5, 0.6) is 0 Å². The molecule has 27 heavy (non-hydrogen) atoms. The van der Waals surface area contributed by atoms with Crippen molar-refractivity contribution < 1.29 is 9.90 Å². The van der Waals surface area contributed by atoms with Crippen molar-refractivity contribution in [2.75, 3.05) is 20.6 Å². The molecule has 146 valence electrons. The first-order chi connectivity index (χ1) is 13.0. The molecule has 1 aromatic rings. The topological polar surface area (TPSA) is 53.4 Å². The van der Waals surface area contributed by atoms with Gasteiger partial charge in [-0.1, -0.05) is 24.1 Å². The molecule has 1 aromatic heterocycles. The number of hydrogen-bond acceptors (Lipinski definition) is 4. The summed E-state index contributed by atoms with van der Waals surface area (Å²) in [5, 5.41) is 10.4. The zero-order chi connectivity index (χ0) is 19.2. The number of ketones is 1. The molecule has 1 N–H and O–H groups in total.